The summed E-state index contributed by atoms with van der Waals surface area (Å²) in [5, 5.41) is 3.13. The van der Waals surface area contributed by atoms with E-state index in [4.69, 9.17) is 9.47 Å². The molecular formula is C50H97NO5. The predicted molar refractivity (Wildman–Crippen MR) is 240 cm³/mol. The van der Waals surface area contributed by atoms with Crippen molar-refractivity contribution in [3.05, 3.63) is 0 Å². The number of nitrogens with one attached hydrogen (secondary N) is 1. The summed E-state index contributed by atoms with van der Waals surface area (Å²) in [5.74, 6) is -0.557. The third-order valence-corrected chi connectivity index (χ3v) is 11.3. The highest BCUT2D eigenvalue weighted by Crippen LogP contribution is 2.34. The lowest BCUT2D eigenvalue weighted by Crippen LogP contribution is -2.52. The molecule has 1 atom stereocenters. The van der Waals surface area contributed by atoms with E-state index in [1.54, 1.807) is 0 Å². The van der Waals surface area contributed by atoms with Gasteiger partial charge in [0.15, 0.2) is 0 Å². The van der Waals surface area contributed by atoms with Crippen LogP contribution in [0.3, 0.4) is 0 Å². The maximum atomic E-state index is 13.6. The van der Waals surface area contributed by atoms with E-state index < -0.39 is 17.6 Å². The Hall–Kier alpha value is -1.59. The minimum absolute atomic E-state index is 0.0321. The van der Waals surface area contributed by atoms with Gasteiger partial charge in [0, 0.05) is 18.4 Å². The molecule has 0 aliphatic heterocycles. The second kappa shape index (κ2) is 36.5. The molecule has 0 aliphatic rings. The molecule has 0 aromatic rings. The van der Waals surface area contributed by atoms with Gasteiger partial charge in [-0.05, 0) is 50.9 Å². The zero-order valence-corrected chi connectivity index (χ0v) is 38.9. The van der Waals surface area contributed by atoms with Gasteiger partial charge in [-0.2, -0.15) is 0 Å². The standard InChI is InChI=1S/C50H97NO5/c1-9-11-13-15-17-19-21-23-25-27-29-31-33-35-37-39-46(52)55-42-45(48(54)51-50(7,8)43-49(5,6)41-44(3)4)56-47(53)40-38-36-34-32-30-28-26-24-22-20-18-16-14-12-10-2/h44-45H,9-43H2,1-8H3,(H,51,54). The lowest BCUT2D eigenvalue weighted by atomic mass is 9.75. The molecule has 0 spiro atoms. The van der Waals surface area contributed by atoms with Crippen LogP contribution in [0.15, 0.2) is 0 Å². The third kappa shape index (κ3) is 36.7. The number of amides is 1. The fourth-order valence-electron chi connectivity index (χ4n) is 8.73. The Balaban J connectivity index is 4.54. The quantitative estimate of drug-likeness (QED) is 0.0493. The van der Waals surface area contributed by atoms with Crippen LogP contribution < -0.4 is 5.32 Å². The number of carbonyl (C=O) groups excluding carboxylic acids is 3. The number of esters is 2. The highest BCUT2D eigenvalue weighted by Gasteiger charge is 2.34. The molecule has 1 N–H and O–H groups in total. The monoisotopic (exact) mass is 792 g/mol. The predicted octanol–water partition coefficient (Wildman–Crippen LogP) is 15.3. The molecule has 56 heavy (non-hydrogen) atoms. The second-order valence-corrected chi connectivity index (χ2v) is 19.4. The fourth-order valence-corrected chi connectivity index (χ4v) is 8.73. The summed E-state index contributed by atoms with van der Waals surface area (Å²) in [6, 6.07) is 0. The van der Waals surface area contributed by atoms with Crippen LogP contribution >= 0.6 is 0 Å². The van der Waals surface area contributed by atoms with Crippen LogP contribution in [0.4, 0.5) is 0 Å². The largest absolute Gasteiger partial charge is 0.461 e. The molecule has 0 fully saturated rings. The average Bonchev–Trinajstić information content (AvgIpc) is 3.11. The number of hydrogen-bond acceptors (Lipinski definition) is 5. The van der Waals surface area contributed by atoms with Gasteiger partial charge < -0.3 is 14.8 Å². The number of unbranched alkanes of at least 4 members (excludes halogenated alkanes) is 28. The Labute approximate surface area is 349 Å². The summed E-state index contributed by atoms with van der Waals surface area (Å²) in [6.07, 6.45) is 39.3. The first kappa shape index (κ1) is 54.4. The van der Waals surface area contributed by atoms with E-state index in [1.807, 2.05) is 13.8 Å². The lowest BCUT2D eigenvalue weighted by molar-refractivity contribution is -0.165. The van der Waals surface area contributed by atoms with E-state index in [2.05, 4.69) is 46.9 Å². The first-order valence-corrected chi connectivity index (χ1v) is 24.5. The molecule has 0 rings (SSSR count). The Kier molecular flexibility index (Phi) is 35.5. The Morgan fingerprint density at radius 3 is 1.14 bits per heavy atom. The topological polar surface area (TPSA) is 81.7 Å². The van der Waals surface area contributed by atoms with Gasteiger partial charge in [0.1, 0.15) is 6.61 Å². The van der Waals surface area contributed by atoms with Crippen molar-refractivity contribution in [1.29, 1.82) is 0 Å². The molecule has 0 aliphatic carbocycles. The van der Waals surface area contributed by atoms with Crippen LogP contribution in [0.5, 0.6) is 0 Å². The van der Waals surface area contributed by atoms with Crippen molar-refractivity contribution in [1.82, 2.24) is 5.32 Å². The average molecular weight is 792 g/mol. The molecule has 1 amide bonds. The molecular weight excluding hydrogens is 695 g/mol. The number of ether oxygens (including phenoxy) is 2. The van der Waals surface area contributed by atoms with Crippen LogP contribution in [0.25, 0.3) is 0 Å². The normalized spacial score (nSPS) is 12.6. The van der Waals surface area contributed by atoms with Gasteiger partial charge in [-0.15, -0.1) is 0 Å². The molecule has 0 heterocycles. The van der Waals surface area contributed by atoms with Crippen LogP contribution in [-0.4, -0.2) is 36.1 Å². The number of hydrogen-bond donors (Lipinski definition) is 1. The van der Waals surface area contributed by atoms with Gasteiger partial charge in [0.25, 0.3) is 5.91 Å². The Morgan fingerprint density at radius 1 is 0.482 bits per heavy atom. The smallest absolute Gasteiger partial charge is 0.306 e. The third-order valence-electron chi connectivity index (χ3n) is 11.3. The van der Waals surface area contributed by atoms with E-state index in [0.29, 0.717) is 12.3 Å². The highest BCUT2D eigenvalue weighted by atomic mass is 16.6. The van der Waals surface area contributed by atoms with Crippen LogP contribution in [-0.2, 0) is 23.9 Å². The van der Waals surface area contributed by atoms with Gasteiger partial charge >= 0.3 is 11.9 Å². The van der Waals surface area contributed by atoms with Gasteiger partial charge in [-0.25, -0.2) is 0 Å². The van der Waals surface area contributed by atoms with Crippen molar-refractivity contribution in [3.8, 4) is 0 Å². The summed E-state index contributed by atoms with van der Waals surface area (Å²) < 4.78 is 11.3. The van der Waals surface area contributed by atoms with Gasteiger partial charge in [0.05, 0.1) is 0 Å². The van der Waals surface area contributed by atoms with E-state index in [0.717, 1.165) is 51.4 Å². The minimum Gasteiger partial charge on any atom is -0.461 e. The van der Waals surface area contributed by atoms with Crippen molar-refractivity contribution in [2.75, 3.05) is 6.61 Å². The molecule has 0 radical (unpaired) electrons. The van der Waals surface area contributed by atoms with Crippen molar-refractivity contribution >= 4 is 17.8 Å². The molecule has 1 unspecified atom stereocenters. The van der Waals surface area contributed by atoms with Crippen molar-refractivity contribution in [2.45, 2.75) is 285 Å². The van der Waals surface area contributed by atoms with Gasteiger partial charge in [0.2, 0.25) is 6.10 Å². The molecule has 0 aromatic carbocycles. The van der Waals surface area contributed by atoms with Crippen molar-refractivity contribution in [2.24, 2.45) is 11.3 Å². The van der Waals surface area contributed by atoms with Crippen LogP contribution in [0, 0.1) is 11.3 Å². The highest BCUT2D eigenvalue weighted by molar-refractivity contribution is 5.84. The van der Waals surface area contributed by atoms with Crippen LogP contribution in [0.2, 0.25) is 0 Å². The minimum atomic E-state index is -1.14. The first-order chi connectivity index (χ1) is 26.8. The zero-order valence-electron chi connectivity index (χ0n) is 38.9. The maximum Gasteiger partial charge on any atom is 0.306 e. The molecule has 6 nitrogen and oxygen atoms in total. The fraction of sp³-hybridized carbons (Fsp3) is 0.940. The van der Waals surface area contributed by atoms with Crippen molar-refractivity contribution < 1.29 is 23.9 Å². The summed E-state index contributed by atoms with van der Waals surface area (Å²) in [5.41, 5.74) is -0.476. The van der Waals surface area contributed by atoms with Crippen molar-refractivity contribution in [3.63, 3.8) is 0 Å². The molecule has 0 bridgehead atoms. The molecule has 6 heteroatoms. The molecule has 332 valence electrons. The molecule has 0 saturated heterocycles. The Bertz CT molecular complexity index is 928. The van der Waals surface area contributed by atoms with Gasteiger partial charge in [-0.3, -0.25) is 14.4 Å². The summed E-state index contributed by atoms with van der Waals surface area (Å²) in [7, 11) is 0. The van der Waals surface area contributed by atoms with Crippen LogP contribution in [0.1, 0.15) is 274 Å². The second-order valence-electron chi connectivity index (χ2n) is 19.4. The Morgan fingerprint density at radius 2 is 0.804 bits per heavy atom. The lowest BCUT2D eigenvalue weighted by Gasteiger charge is -2.37. The van der Waals surface area contributed by atoms with E-state index >= 15 is 0 Å². The van der Waals surface area contributed by atoms with E-state index in [-0.39, 0.29) is 30.3 Å². The number of carbonyl (C=O) groups is 3. The zero-order chi connectivity index (χ0) is 41.8. The van der Waals surface area contributed by atoms with E-state index in [1.165, 1.54) is 154 Å². The summed E-state index contributed by atoms with van der Waals surface area (Å²) in [6.45, 7) is 17.2. The first-order valence-electron chi connectivity index (χ1n) is 24.5. The number of rotatable bonds is 41. The molecule has 0 saturated carbocycles. The molecule has 0 aromatic heterocycles. The summed E-state index contributed by atoms with van der Waals surface area (Å²) in [4.78, 5) is 39.2. The summed E-state index contributed by atoms with van der Waals surface area (Å²) >= 11 is 0. The maximum absolute atomic E-state index is 13.6. The van der Waals surface area contributed by atoms with E-state index in [9.17, 15) is 14.4 Å². The van der Waals surface area contributed by atoms with Gasteiger partial charge in [-0.1, -0.05) is 221 Å². The SMILES string of the molecule is CCCCCCCCCCCCCCCCCC(=O)OCC(OC(=O)CCCCCCCCCCCCCCCCC)C(=O)NC(C)(C)CC(C)(C)CC(C)C.